The average Bonchev–Trinajstić information content (AvgIpc) is 2.44. The Labute approximate surface area is 133 Å². The maximum absolute atomic E-state index is 12.2. The van der Waals surface area contributed by atoms with Crippen molar-refractivity contribution in [1.82, 2.24) is 4.57 Å². The molecule has 0 saturated carbocycles. The van der Waals surface area contributed by atoms with Crippen molar-refractivity contribution in [1.29, 1.82) is 0 Å². The highest BCUT2D eigenvalue weighted by molar-refractivity contribution is 9.11. The summed E-state index contributed by atoms with van der Waals surface area (Å²) in [5, 5.41) is 2.37. The number of pyridine rings is 1. The highest BCUT2D eigenvalue weighted by Crippen LogP contribution is 2.20. The van der Waals surface area contributed by atoms with Crippen LogP contribution in [0.1, 0.15) is 5.56 Å². The van der Waals surface area contributed by atoms with Crippen molar-refractivity contribution in [2.24, 2.45) is 0 Å². The Hall–Kier alpha value is -1.39. The van der Waals surface area contributed by atoms with Gasteiger partial charge < -0.3 is 4.57 Å². The van der Waals surface area contributed by atoms with Crippen LogP contribution in [0.5, 0.6) is 0 Å². The summed E-state index contributed by atoms with van der Waals surface area (Å²) in [4.78, 5) is 12.2. The molecule has 0 bridgehead atoms. The molecule has 1 aromatic heterocycles. The Morgan fingerprint density at radius 2 is 1.75 bits per heavy atom. The number of fused-ring (bicyclic) bond motifs is 1. The van der Waals surface area contributed by atoms with Crippen LogP contribution >= 0.6 is 31.9 Å². The highest BCUT2D eigenvalue weighted by Gasteiger charge is 2.06. The maximum atomic E-state index is 12.2. The van der Waals surface area contributed by atoms with Gasteiger partial charge in [-0.25, -0.2) is 0 Å². The molecular formula is C16H11Br2NO. The van der Waals surface area contributed by atoms with Gasteiger partial charge in [-0.15, -0.1) is 0 Å². The van der Waals surface area contributed by atoms with Gasteiger partial charge in [-0.3, -0.25) is 4.79 Å². The molecule has 0 aliphatic heterocycles. The SMILES string of the molecule is O=c1c(Br)cc(Br)cn1Cc1cccc2ccccc12. The first kappa shape index (κ1) is 13.6. The molecule has 4 heteroatoms. The second kappa shape index (κ2) is 5.54. The van der Waals surface area contributed by atoms with E-state index in [4.69, 9.17) is 0 Å². The summed E-state index contributed by atoms with van der Waals surface area (Å²) in [5.41, 5.74) is 1.11. The molecule has 20 heavy (non-hydrogen) atoms. The largest absolute Gasteiger partial charge is 0.309 e. The number of aromatic nitrogens is 1. The van der Waals surface area contributed by atoms with E-state index in [2.05, 4.69) is 56.1 Å². The van der Waals surface area contributed by atoms with Crippen molar-refractivity contribution < 1.29 is 0 Å². The normalized spacial score (nSPS) is 10.9. The highest BCUT2D eigenvalue weighted by atomic mass is 79.9. The molecule has 100 valence electrons. The zero-order valence-electron chi connectivity index (χ0n) is 10.5. The first-order chi connectivity index (χ1) is 9.65. The Morgan fingerprint density at radius 3 is 2.60 bits per heavy atom. The number of nitrogens with zero attached hydrogens (tertiary/aromatic N) is 1. The molecule has 3 aromatic rings. The summed E-state index contributed by atoms with van der Waals surface area (Å²) in [6.07, 6.45) is 1.81. The minimum atomic E-state index is -0.0267. The maximum Gasteiger partial charge on any atom is 0.265 e. The van der Waals surface area contributed by atoms with E-state index in [0.29, 0.717) is 11.0 Å². The zero-order chi connectivity index (χ0) is 14.1. The van der Waals surface area contributed by atoms with Crippen molar-refractivity contribution in [2.45, 2.75) is 6.54 Å². The first-order valence-corrected chi connectivity index (χ1v) is 7.76. The predicted octanol–water partition coefficient (Wildman–Crippen LogP) is 4.57. The molecule has 0 radical (unpaired) electrons. The third-order valence-electron chi connectivity index (χ3n) is 3.23. The van der Waals surface area contributed by atoms with E-state index in [0.717, 1.165) is 10.0 Å². The van der Waals surface area contributed by atoms with Gasteiger partial charge in [0.1, 0.15) is 0 Å². The summed E-state index contributed by atoms with van der Waals surface area (Å²) in [5.74, 6) is 0. The van der Waals surface area contributed by atoms with Gasteiger partial charge in [-0.05, 0) is 54.3 Å². The number of hydrogen-bond acceptors (Lipinski definition) is 1. The Bertz CT molecular complexity index is 834. The van der Waals surface area contributed by atoms with Gasteiger partial charge in [0.2, 0.25) is 0 Å². The van der Waals surface area contributed by atoms with Gasteiger partial charge in [0.15, 0.2) is 0 Å². The van der Waals surface area contributed by atoms with Gasteiger partial charge in [0, 0.05) is 10.7 Å². The van der Waals surface area contributed by atoms with Crippen molar-refractivity contribution >= 4 is 42.6 Å². The van der Waals surface area contributed by atoms with Crippen LogP contribution in [0.4, 0.5) is 0 Å². The summed E-state index contributed by atoms with van der Waals surface area (Å²) in [6, 6.07) is 16.1. The Kier molecular flexibility index (Phi) is 3.76. The minimum Gasteiger partial charge on any atom is -0.309 e. The van der Waals surface area contributed by atoms with Crippen LogP contribution in [-0.2, 0) is 6.54 Å². The minimum absolute atomic E-state index is 0.0267. The third kappa shape index (κ3) is 2.58. The van der Waals surface area contributed by atoms with E-state index in [1.54, 1.807) is 10.6 Å². The molecule has 0 aliphatic rings. The molecule has 0 aliphatic carbocycles. The van der Waals surface area contributed by atoms with E-state index in [1.807, 2.05) is 24.4 Å². The first-order valence-electron chi connectivity index (χ1n) is 6.17. The smallest absolute Gasteiger partial charge is 0.265 e. The van der Waals surface area contributed by atoms with Gasteiger partial charge in [0.05, 0.1) is 11.0 Å². The van der Waals surface area contributed by atoms with Crippen LogP contribution in [0.25, 0.3) is 10.8 Å². The van der Waals surface area contributed by atoms with E-state index in [-0.39, 0.29) is 5.56 Å². The van der Waals surface area contributed by atoms with Gasteiger partial charge in [0.25, 0.3) is 5.56 Å². The second-order valence-electron chi connectivity index (χ2n) is 4.58. The number of hydrogen-bond donors (Lipinski definition) is 0. The molecule has 0 saturated heterocycles. The molecule has 0 spiro atoms. The molecule has 0 unspecified atom stereocenters. The average molecular weight is 393 g/mol. The quantitative estimate of drug-likeness (QED) is 0.625. The lowest BCUT2D eigenvalue weighted by Gasteiger charge is -2.10. The fourth-order valence-electron chi connectivity index (χ4n) is 2.30. The molecule has 2 nitrogen and oxygen atoms in total. The molecule has 0 fully saturated rings. The fraction of sp³-hybridized carbons (Fsp3) is 0.0625. The Balaban J connectivity index is 2.13. The van der Waals surface area contributed by atoms with Crippen LogP contribution in [-0.4, -0.2) is 4.57 Å². The molecule has 0 amide bonds. The van der Waals surface area contributed by atoms with Crippen molar-refractivity contribution in [3.63, 3.8) is 0 Å². The van der Waals surface area contributed by atoms with Crippen LogP contribution in [0.15, 0.2) is 68.5 Å². The number of benzene rings is 2. The Morgan fingerprint density at radius 1 is 1.00 bits per heavy atom. The van der Waals surface area contributed by atoms with Crippen molar-refractivity contribution in [3.8, 4) is 0 Å². The zero-order valence-corrected chi connectivity index (χ0v) is 13.7. The van der Waals surface area contributed by atoms with Gasteiger partial charge in [-0.1, -0.05) is 42.5 Å². The van der Waals surface area contributed by atoms with E-state index in [9.17, 15) is 4.79 Å². The van der Waals surface area contributed by atoms with Crippen LogP contribution < -0.4 is 5.56 Å². The summed E-state index contributed by atoms with van der Waals surface area (Å²) in [7, 11) is 0. The van der Waals surface area contributed by atoms with Crippen molar-refractivity contribution in [2.75, 3.05) is 0 Å². The molecule has 0 atom stereocenters. The lowest BCUT2D eigenvalue weighted by Crippen LogP contribution is -2.20. The molecule has 1 heterocycles. The van der Waals surface area contributed by atoms with Crippen LogP contribution in [0, 0.1) is 0 Å². The van der Waals surface area contributed by atoms with Crippen LogP contribution in [0.3, 0.4) is 0 Å². The topological polar surface area (TPSA) is 22.0 Å². The van der Waals surface area contributed by atoms with Crippen molar-refractivity contribution in [3.05, 3.63) is 79.6 Å². The standard InChI is InChI=1S/C16H11Br2NO/c17-13-8-15(18)16(20)19(10-13)9-12-6-3-5-11-4-1-2-7-14(11)12/h1-8,10H,9H2. The fourth-order valence-corrected chi connectivity index (χ4v) is 3.55. The molecule has 3 rings (SSSR count). The lowest BCUT2D eigenvalue weighted by atomic mass is 10.0. The number of rotatable bonds is 2. The van der Waals surface area contributed by atoms with E-state index >= 15 is 0 Å². The van der Waals surface area contributed by atoms with Crippen LogP contribution in [0.2, 0.25) is 0 Å². The number of halogens is 2. The lowest BCUT2D eigenvalue weighted by molar-refractivity contribution is 0.756. The monoisotopic (exact) mass is 391 g/mol. The predicted molar refractivity (Wildman–Crippen MR) is 89.2 cm³/mol. The summed E-state index contributed by atoms with van der Waals surface area (Å²) >= 11 is 6.72. The summed E-state index contributed by atoms with van der Waals surface area (Å²) in [6.45, 7) is 0.554. The summed E-state index contributed by atoms with van der Waals surface area (Å²) < 4.78 is 3.15. The van der Waals surface area contributed by atoms with Gasteiger partial charge >= 0.3 is 0 Å². The molecule has 2 aromatic carbocycles. The molecule has 0 N–H and O–H groups in total. The van der Waals surface area contributed by atoms with E-state index < -0.39 is 0 Å². The molecular weight excluding hydrogens is 382 g/mol. The third-order valence-corrected chi connectivity index (χ3v) is 4.23. The van der Waals surface area contributed by atoms with E-state index in [1.165, 1.54) is 10.8 Å². The second-order valence-corrected chi connectivity index (χ2v) is 6.35. The van der Waals surface area contributed by atoms with Gasteiger partial charge in [-0.2, -0.15) is 0 Å².